The lowest BCUT2D eigenvalue weighted by Gasteiger charge is -2.27. The highest BCUT2D eigenvalue weighted by atomic mass is 16.5. The number of carbonyl (C=O) groups excluding carboxylic acids is 3. The van der Waals surface area contributed by atoms with E-state index < -0.39 is 29.9 Å². The molecule has 4 rings (SSSR count). The Kier molecular flexibility index (Phi) is 11.5. The molecular formula is C36H41N3O6. The number of hydrogen-bond donors (Lipinski definition) is 5. The number of aliphatic hydroxyl groups excluding tert-OH is 1. The van der Waals surface area contributed by atoms with Gasteiger partial charge in [0, 0.05) is 6.42 Å². The van der Waals surface area contributed by atoms with Crippen LogP contribution in [0.3, 0.4) is 0 Å². The van der Waals surface area contributed by atoms with E-state index in [1.807, 2.05) is 80.6 Å². The molecule has 0 aliphatic rings. The maximum atomic E-state index is 13.7. The second-order valence-electron chi connectivity index (χ2n) is 11.5. The Morgan fingerprint density at radius 3 is 2.07 bits per heavy atom. The van der Waals surface area contributed by atoms with Crippen LogP contribution >= 0.6 is 0 Å². The quantitative estimate of drug-likeness (QED) is 0.148. The largest absolute Gasteiger partial charge is 0.508 e. The minimum Gasteiger partial charge on any atom is -0.508 e. The van der Waals surface area contributed by atoms with E-state index in [0.29, 0.717) is 12.2 Å². The lowest BCUT2D eigenvalue weighted by molar-refractivity contribution is -0.133. The van der Waals surface area contributed by atoms with E-state index in [2.05, 4.69) is 16.0 Å². The molecule has 0 heterocycles. The molecule has 0 aliphatic carbocycles. The standard InChI is InChI=1S/C36H41N3O6/c1-23(2)34(36(44)37-28(22-40)19-24-13-17-30(45-3)18-14-24)39-35(43)32(20-25-11-15-29(41)16-12-25)38-33(42)21-27-9-6-8-26-7-4-5-10-31(26)27/h4-18,23,28,32,34,40-41H,19-22H2,1-3H3,(H,37,44)(H,38,42)(H,39,43)/t28-,32-,34-/m0/s1. The molecule has 4 aromatic rings. The molecule has 3 atom stereocenters. The lowest BCUT2D eigenvalue weighted by atomic mass is 9.99. The highest BCUT2D eigenvalue weighted by Gasteiger charge is 2.30. The molecule has 0 radical (unpaired) electrons. The van der Waals surface area contributed by atoms with Gasteiger partial charge in [-0.3, -0.25) is 14.4 Å². The predicted octanol–water partition coefficient (Wildman–Crippen LogP) is 3.68. The van der Waals surface area contributed by atoms with Gasteiger partial charge in [-0.2, -0.15) is 0 Å². The molecule has 0 saturated heterocycles. The summed E-state index contributed by atoms with van der Waals surface area (Å²) in [5.74, 6) is -0.776. The average molecular weight is 612 g/mol. The van der Waals surface area contributed by atoms with E-state index in [-0.39, 0.29) is 37.0 Å². The van der Waals surface area contributed by atoms with Gasteiger partial charge in [-0.15, -0.1) is 0 Å². The van der Waals surface area contributed by atoms with E-state index in [0.717, 1.165) is 27.5 Å². The van der Waals surface area contributed by atoms with E-state index in [1.165, 1.54) is 12.1 Å². The van der Waals surface area contributed by atoms with Gasteiger partial charge in [-0.25, -0.2) is 0 Å². The fourth-order valence-electron chi connectivity index (χ4n) is 5.23. The summed E-state index contributed by atoms with van der Waals surface area (Å²) in [6.07, 6.45) is 0.605. The Balaban J connectivity index is 1.48. The number of nitrogens with one attached hydrogen (secondary N) is 3. The van der Waals surface area contributed by atoms with Crippen LogP contribution in [0.25, 0.3) is 10.8 Å². The monoisotopic (exact) mass is 611 g/mol. The molecule has 4 aromatic carbocycles. The fourth-order valence-corrected chi connectivity index (χ4v) is 5.23. The van der Waals surface area contributed by atoms with Crippen molar-refractivity contribution in [2.24, 2.45) is 5.92 Å². The third kappa shape index (κ3) is 9.30. The number of hydrogen-bond acceptors (Lipinski definition) is 6. The zero-order chi connectivity index (χ0) is 32.3. The average Bonchev–Trinajstić information content (AvgIpc) is 3.04. The number of rotatable bonds is 14. The third-order valence-electron chi connectivity index (χ3n) is 7.71. The van der Waals surface area contributed by atoms with Gasteiger partial charge in [0.15, 0.2) is 0 Å². The second kappa shape index (κ2) is 15.7. The third-order valence-corrected chi connectivity index (χ3v) is 7.71. The Hall–Kier alpha value is -4.89. The number of phenols is 1. The molecule has 45 heavy (non-hydrogen) atoms. The van der Waals surface area contributed by atoms with Crippen molar-refractivity contribution in [3.05, 3.63) is 108 Å². The molecule has 0 aromatic heterocycles. The molecule has 9 nitrogen and oxygen atoms in total. The maximum Gasteiger partial charge on any atom is 0.243 e. The first-order valence-corrected chi connectivity index (χ1v) is 15.0. The first-order valence-electron chi connectivity index (χ1n) is 15.0. The molecule has 5 N–H and O–H groups in total. The first kappa shape index (κ1) is 33.0. The highest BCUT2D eigenvalue weighted by Crippen LogP contribution is 2.19. The molecule has 9 heteroatoms. The molecule has 0 fully saturated rings. The number of aliphatic hydroxyl groups is 1. The normalized spacial score (nSPS) is 13.1. The van der Waals surface area contributed by atoms with Crippen LogP contribution in [0.15, 0.2) is 91.0 Å². The van der Waals surface area contributed by atoms with Crippen molar-refractivity contribution in [3.63, 3.8) is 0 Å². The van der Waals surface area contributed by atoms with Crippen LogP contribution in [0.1, 0.15) is 30.5 Å². The van der Waals surface area contributed by atoms with Crippen LogP contribution in [-0.4, -0.2) is 59.8 Å². The molecule has 0 saturated carbocycles. The summed E-state index contributed by atoms with van der Waals surface area (Å²) in [7, 11) is 1.58. The van der Waals surface area contributed by atoms with E-state index in [9.17, 15) is 24.6 Å². The zero-order valence-electron chi connectivity index (χ0n) is 25.8. The minimum atomic E-state index is -0.987. The number of phenolic OH excluding ortho intramolecular Hbond substituents is 1. The smallest absolute Gasteiger partial charge is 0.243 e. The molecule has 3 amide bonds. The van der Waals surface area contributed by atoms with Crippen LogP contribution in [0.5, 0.6) is 11.5 Å². The van der Waals surface area contributed by atoms with Crippen LogP contribution < -0.4 is 20.7 Å². The van der Waals surface area contributed by atoms with Crippen molar-refractivity contribution in [2.45, 2.75) is 51.2 Å². The molecule has 0 unspecified atom stereocenters. The second-order valence-corrected chi connectivity index (χ2v) is 11.5. The maximum absolute atomic E-state index is 13.7. The number of ether oxygens (including phenoxy) is 1. The van der Waals surface area contributed by atoms with Crippen molar-refractivity contribution in [1.29, 1.82) is 0 Å². The van der Waals surface area contributed by atoms with E-state index >= 15 is 0 Å². The highest BCUT2D eigenvalue weighted by molar-refractivity contribution is 5.94. The number of aromatic hydroxyl groups is 1. The molecule has 0 bridgehead atoms. The van der Waals surface area contributed by atoms with Crippen LogP contribution in [-0.2, 0) is 33.6 Å². The SMILES string of the molecule is COc1ccc(C[C@@H](CO)NC(=O)[C@@H](NC(=O)[C@H](Cc2ccc(O)cc2)NC(=O)Cc2cccc3ccccc23)C(C)C)cc1. The lowest BCUT2D eigenvalue weighted by Crippen LogP contribution is -2.57. The summed E-state index contributed by atoms with van der Waals surface area (Å²) in [4.78, 5) is 40.5. The topological polar surface area (TPSA) is 137 Å². The van der Waals surface area contributed by atoms with Gasteiger partial charge in [0.25, 0.3) is 0 Å². The van der Waals surface area contributed by atoms with Crippen molar-refractivity contribution < 1.29 is 29.3 Å². The Bertz CT molecular complexity index is 1580. The van der Waals surface area contributed by atoms with Crippen molar-refractivity contribution in [2.75, 3.05) is 13.7 Å². The van der Waals surface area contributed by atoms with Gasteiger partial charge in [-0.1, -0.05) is 80.6 Å². The van der Waals surface area contributed by atoms with Gasteiger partial charge in [-0.05, 0) is 64.1 Å². The summed E-state index contributed by atoms with van der Waals surface area (Å²) in [6.45, 7) is 3.34. The number of amides is 3. The van der Waals surface area contributed by atoms with Crippen LogP contribution in [0.4, 0.5) is 0 Å². The van der Waals surface area contributed by atoms with Gasteiger partial charge >= 0.3 is 0 Å². The molecule has 236 valence electrons. The van der Waals surface area contributed by atoms with Gasteiger partial charge in [0.05, 0.1) is 26.2 Å². The molecule has 0 spiro atoms. The van der Waals surface area contributed by atoms with Crippen LogP contribution in [0, 0.1) is 5.92 Å². The number of benzene rings is 4. The van der Waals surface area contributed by atoms with Crippen molar-refractivity contribution >= 4 is 28.5 Å². The van der Waals surface area contributed by atoms with E-state index in [1.54, 1.807) is 19.2 Å². The Morgan fingerprint density at radius 1 is 0.756 bits per heavy atom. The number of fused-ring (bicyclic) bond motifs is 1. The van der Waals surface area contributed by atoms with Gasteiger partial charge in [0.1, 0.15) is 23.6 Å². The summed E-state index contributed by atoms with van der Waals surface area (Å²) in [5, 5.41) is 30.3. The Labute approximate surface area is 263 Å². The fraction of sp³-hybridized carbons (Fsp3) is 0.306. The van der Waals surface area contributed by atoms with Gasteiger partial charge in [0.2, 0.25) is 17.7 Å². The zero-order valence-corrected chi connectivity index (χ0v) is 25.8. The minimum absolute atomic E-state index is 0.0678. The van der Waals surface area contributed by atoms with Crippen molar-refractivity contribution in [1.82, 2.24) is 16.0 Å². The summed E-state index contributed by atoms with van der Waals surface area (Å²) in [6, 6.07) is 24.8. The number of methoxy groups -OCH3 is 1. The van der Waals surface area contributed by atoms with E-state index in [4.69, 9.17) is 4.74 Å². The summed E-state index contributed by atoms with van der Waals surface area (Å²) < 4.78 is 5.20. The summed E-state index contributed by atoms with van der Waals surface area (Å²) in [5.41, 5.74) is 2.47. The summed E-state index contributed by atoms with van der Waals surface area (Å²) >= 11 is 0. The van der Waals surface area contributed by atoms with Crippen LogP contribution in [0.2, 0.25) is 0 Å². The molecule has 0 aliphatic heterocycles. The Morgan fingerprint density at radius 2 is 1.40 bits per heavy atom. The van der Waals surface area contributed by atoms with Gasteiger partial charge < -0.3 is 30.9 Å². The number of carbonyl (C=O) groups is 3. The predicted molar refractivity (Wildman–Crippen MR) is 174 cm³/mol. The van der Waals surface area contributed by atoms with Crippen molar-refractivity contribution in [3.8, 4) is 11.5 Å². The first-order chi connectivity index (χ1) is 21.7. The molecular weight excluding hydrogens is 570 g/mol.